The van der Waals surface area contributed by atoms with Gasteiger partial charge in [-0.05, 0) is 49.4 Å². The van der Waals surface area contributed by atoms with Gasteiger partial charge in [0.25, 0.3) is 0 Å². The summed E-state index contributed by atoms with van der Waals surface area (Å²) in [6.45, 7) is 5.94. The standard InChI is InChI=1S/C15H24BrO2Si/c1-3-10-17-19(18-11-4-2)12-6-8-14-7-5-9-15(16)13-14/h5,7,9,13H,3-4,6,8,10-12H2,1-2H3. The Morgan fingerprint density at radius 2 is 1.79 bits per heavy atom. The number of hydrogen-bond donors (Lipinski definition) is 0. The van der Waals surface area contributed by atoms with Crippen LogP contribution in [0.15, 0.2) is 28.7 Å². The molecule has 107 valence electrons. The fourth-order valence-corrected chi connectivity index (χ4v) is 3.89. The average molecular weight is 344 g/mol. The van der Waals surface area contributed by atoms with Crippen LogP contribution in [-0.2, 0) is 15.3 Å². The number of benzene rings is 1. The highest BCUT2D eigenvalue weighted by Crippen LogP contribution is 2.14. The summed E-state index contributed by atoms with van der Waals surface area (Å²) in [5.74, 6) is 0. The van der Waals surface area contributed by atoms with E-state index < -0.39 is 9.28 Å². The van der Waals surface area contributed by atoms with Crippen LogP contribution in [0, 0.1) is 0 Å². The third-order valence-electron chi connectivity index (χ3n) is 2.67. The molecule has 0 fully saturated rings. The van der Waals surface area contributed by atoms with Crippen molar-refractivity contribution in [2.24, 2.45) is 0 Å². The lowest BCUT2D eigenvalue weighted by molar-refractivity contribution is 0.196. The Balaban J connectivity index is 2.29. The summed E-state index contributed by atoms with van der Waals surface area (Å²) in [5.41, 5.74) is 1.38. The minimum atomic E-state index is -1.06. The molecule has 0 aliphatic carbocycles. The largest absolute Gasteiger partial charge is 0.393 e. The molecule has 1 rings (SSSR count). The Bertz CT molecular complexity index is 339. The highest BCUT2D eigenvalue weighted by atomic mass is 79.9. The minimum absolute atomic E-state index is 0.828. The predicted molar refractivity (Wildman–Crippen MR) is 85.5 cm³/mol. The average Bonchev–Trinajstić information content (AvgIpc) is 2.41. The van der Waals surface area contributed by atoms with E-state index in [1.807, 2.05) is 0 Å². The summed E-state index contributed by atoms with van der Waals surface area (Å²) in [4.78, 5) is 0. The molecule has 0 saturated heterocycles. The molecule has 2 nitrogen and oxygen atoms in total. The van der Waals surface area contributed by atoms with E-state index in [9.17, 15) is 0 Å². The second-order valence-electron chi connectivity index (χ2n) is 4.55. The van der Waals surface area contributed by atoms with E-state index >= 15 is 0 Å². The van der Waals surface area contributed by atoms with Gasteiger partial charge < -0.3 is 8.85 Å². The van der Waals surface area contributed by atoms with Crippen molar-refractivity contribution < 1.29 is 8.85 Å². The first kappa shape index (κ1) is 16.9. The third kappa shape index (κ3) is 7.87. The van der Waals surface area contributed by atoms with Gasteiger partial charge in [-0.1, -0.05) is 41.9 Å². The van der Waals surface area contributed by atoms with Crippen molar-refractivity contribution in [1.82, 2.24) is 0 Å². The van der Waals surface area contributed by atoms with Crippen LogP contribution in [0.3, 0.4) is 0 Å². The van der Waals surface area contributed by atoms with E-state index in [-0.39, 0.29) is 0 Å². The lowest BCUT2D eigenvalue weighted by Crippen LogP contribution is -2.24. The van der Waals surface area contributed by atoms with E-state index in [0.717, 1.165) is 49.4 Å². The molecule has 0 saturated carbocycles. The van der Waals surface area contributed by atoms with E-state index in [0.29, 0.717) is 0 Å². The molecule has 0 spiro atoms. The Hall–Kier alpha value is -0.163. The van der Waals surface area contributed by atoms with Gasteiger partial charge in [0, 0.05) is 17.7 Å². The Labute approximate surface area is 127 Å². The first-order valence-corrected chi connectivity index (χ1v) is 9.43. The Morgan fingerprint density at radius 1 is 1.11 bits per heavy atom. The molecular formula is C15H24BrO2Si. The highest BCUT2D eigenvalue weighted by Gasteiger charge is 2.14. The monoisotopic (exact) mass is 343 g/mol. The van der Waals surface area contributed by atoms with Gasteiger partial charge in [0.1, 0.15) is 0 Å². The van der Waals surface area contributed by atoms with E-state index in [1.54, 1.807) is 0 Å². The SMILES string of the molecule is CCCO[Si](CCCc1cccc(Br)c1)OCCC. The van der Waals surface area contributed by atoms with Gasteiger partial charge >= 0.3 is 9.28 Å². The molecular weight excluding hydrogens is 320 g/mol. The molecule has 0 heterocycles. The maximum atomic E-state index is 5.83. The second kappa shape index (κ2) is 10.6. The van der Waals surface area contributed by atoms with Crippen LogP contribution in [-0.4, -0.2) is 22.5 Å². The van der Waals surface area contributed by atoms with Crippen LogP contribution in [0.1, 0.15) is 38.7 Å². The van der Waals surface area contributed by atoms with E-state index in [1.165, 1.54) is 5.56 Å². The minimum Gasteiger partial charge on any atom is -0.393 e. The molecule has 0 N–H and O–H groups in total. The van der Waals surface area contributed by atoms with Crippen molar-refractivity contribution >= 4 is 25.2 Å². The van der Waals surface area contributed by atoms with Crippen molar-refractivity contribution in [1.29, 1.82) is 0 Å². The summed E-state index contributed by atoms with van der Waals surface area (Å²) < 4.78 is 12.8. The molecule has 19 heavy (non-hydrogen) atoms. The van der Waals surface area contributed by atoms with Gasteiger partial charge in [0.2, 0.25) is 0 Å². The Kier molecular flexibility index (Phi) is 9.43. The number of rotatable bonds is 10. The van der Waals surface area contributed by atoms with E-state index in [2.05, 4.69) is 54.0 Å². The van der Waals surface area contributed by atoms with Crippen LogP contribution in [0.5, 0.6) is 0 Å². The fourth-order valence-electron chi connectivity index (χ4n) is 1.75. The van der Waals surface area contributed by atoms with Crippen LogP contribution >= 0.6 is 15.9 Å². The molecule has 1 aromatic carbocycles. The summed E-state index contributed by atoms with van der Waals surface area (Å²) in [7, 11) is -1.06. The first-order chi connectivity index (χ1) is 9.26. The van der Waals surface area contributed by atoms with Gasteiger partial charge in [0.05, 0.1) is 0 Å². The molecule has 0 aliphatic heterocycles. The number of aryl methyl sites for hydroxylation is 1. The summed E-state index contributed by atoms with van der Waals surface area (Å²) in [5, 5.41) is 0. The summed E-state index contributed by atoms with van der Waals surface area (Å²) >= 11 is 3.51. The molecule has 0 unspecified atom stereocenters. The zero-order valence-electron chi connectivity index (χ0n) is 12.0. The molecule has 0 bridgehead atoms. The van der Waals surface area contributed by atoms with Crippen molar-refractivity contribution in [2.75, 3.05) is 13.2 Å². The molecule has 0 amide bonds. The normalized spacial score (nSPS) is 11.2. The molecule has 0 aliphatic rings. The zero-order valence-corrected chi connectivity index (χ0v) is 14.5. The lowest BCUT2D eigenvalue weighted by Gasteiger charge is -2.14. The summed E-state index contributed by atoms with van der Waals surface area (Å²) in [6, 6.07) is 9.58. The van der Waals surface area contributed by atoms with E-state index in [4.69, 9.17) is 8.85 Å². The number of halogens is 1. The quantitative estimate of drug-likeness (QED) is 0.572. The van der Waals surface area contributed by atoms with Gasteiger partial charge in [0.15, 0.2) is 0 Å². The second-order valence-corrected chi connectivity index (χ2v) is 7.29. The van der Waals surface area contributed by atoms with Crippen molar-refractivity contribution in [3.8, 4) is 0 Å². The van der Waals surface area contributed by atoms with Crippen molar-refractivity contribution in [2.45, 2.75) is 45.6 Å². The molecule has 1 aromatic rings. The van der Waals surface area contributed by atoms with Gasteiger partial charge in [-0.3, -0.25) is 0 Å². The zero-order chi connectivity index (χ0) is 13.9. The van der Waals surface area contributed by atoms with Gasteiger partial charge in [-0.15, -0.1) is 0 Å². The van der Waals surface area contributed by atoms with Crippen LogP contribution in [0.2, 0.25) is 6.04 Å². The van der Waals surface area contributed by atoms with Crippen LogP contribution in [0.25, 0.3) is 0 Å². The third-order valence-corrected chi connectivity index (χ3v) is 4.98. The molecule has 0 atom stereocenters. The maximum Gasteiger partial charge on any atom is 0.384 e. The fraction of sp³-hybridized carbons (Fsp3) is 0.600. The Morgan fingerprint density at radius 3 is 2.37 bits per heavy atom. The molecule has 1 radical (unpaired) electrons. The van der Waals surface area contributed by atoms with Gasteiger partial charge in [-0.25, -0.2) is 0 Å². The lowest BCUT2D eigenvalue weighted by atomic mass is 10.1. The molecule has 4 heteroatoms. The van der Waals surface area contributed by atoms with Crippen molar-refractivity contribution in [3.05, 3.63) is 34.3 Å². The highest BCUT2D eigenvalue weighted by molar-refractivity contribution is 9.10. The van der Waals surface area contributed by atoms with Crippen LogP contribution < -0.4 is 0 Å². The molecule has 0 aromatic heterocycles. The number of hydrogen-bond acceptors (Lipinski definition) is 2. The van der Waals surface area contributed by atoms with Crippen molar-refractivity contribution in [3.63, 3.8) is 0 Å². The summed E-state index contributed by atoms with van der Waals surface area (Å²) in [6.07, 6.45) is 4.36. The predicted octanol–water partition coefficient (Wildman–Crippen LogP) is 4.72. The maximum absolute atomic E-state index is 5.83. The first-order valence-electron chi connectivity index (χ1n) is 7.12. The topological polar surface area (TPSA) is 18.5 Å². The van der Waals surface area contributed by atoms with Gasteiger partial charge in [-0.2, -0.15) is 0 Å². The van der Waals surface area contributed by atoms with Crippen LogP contribution in [0.4, 0.5) is 0 Å². The smallest absolute Gasteiger partial charge is 0.384 e.